The summed E-state index contributed by atoms with van der Waals surface area (Å²) in [7, 11) is 0. The van der Waals surface area contributed by atoms with Crippen LogP contribution in [0.2, 0.25) is 0 Å². The minimum Gasteiger partial charge on any atom is -0.458 e. The van der Waals surface area contributed by atoms with Crippen LogP contribution in [0.5, 0.6) is 69.0 Å². The van der Waals surface area contributed by atoms with Gasteiger partial charge in [-0.15, -0.1) is 0 Å². The Labute approximate surface area is 325 Å². The molecule has 0 saturated heterocycles. The van der Waals surface area contributed by atoms with Crippen molar-refractivity contribution < 1.29 is 28.4 Å². The fraction of sp³-hybridized carbons (Fsp3) is 0. The third-order valence-corrected chi connectivity index (χ3v) is 11.9. The Morgan fingerprint density at radius 3 is 0.895 bits per heavy atom. The van der Waals surface area contributed by atoms with Gasteiger partial charge >= 0.3 is 0 Å². The summed E-state index contributed by atoms with van der Waals surface area (Å²) >= 11 is 0. The number of ether oxygens (including phenoxy) is 6. The Morgan fingerprint density at radius 2 is 0.579 bits per heavy atom. The number of nitrogens with zero attached hydrogens (tertiary/aromatic N) is 3. The van der Waals surface area contributed by atoms with Crippen molar-refractivity contribution in [3.63, 3.8) is 0 Å². The van der Waals surface area contributed by atoms with Crippen molar-refractivity contribution in [2.75, 3.05) is 0 Å². The number of hydrogen-bond acceptors (Lipinski definition) is 9. The maximum Gasteiger partial charge on any atom is 0.260 e. The smallest absolute Gasteiger partial charge is 0.260 e. The summed E-state index contributed by atoms with van der Waals surface area (Å²) in [5.41, 5.74) is 9.48. The van der Waals surface area contributed by atoms with Gasteiger partial charge in [0.25, 0.3) is 20.1 Å². The third-order valence-electron chi connectivity index (χ3n) is 11.9. The molecule has 0 saturated carbocycles. The fourth-order valence-corrected chi connectivity index (χ4v) is 9.57. The van der Waals surface area contributed by atoms with E-state index in [9.17, 15) is 15.8 Å². The number of benzene rings is 7. The molecule has 7 aromatic rings. The Morgan fingerprint density at radius 1 is 0.298 bits per heavy atom. The molecule has 9 nitrogen and oxygen atoms in total. The Bertz CT molecular complexity index is 3030. The van der Waals surface area contributed by atoms with Crippen LogP contribution in [0.25, 0.3) is 0 Å². The molecule has 0 fully saturated rings. The first-order valence-corrected chi connectivity index (χ1v) is 18.4. The molecule has 0 aliphatic carbocycles. The van der Waals surface area contributed by atoms with Gasteiger partial charge in [-0.05, 0) is 81.3 Å². The van der Waals surface area contributed by atoms with Crippen molar-refractivity contribution >= 4 is 69.3 Å². The Balaban J connectivity index is 1.05. The van der Waals surface area contributed by atoms with E-state index in [-0.39, 0.29) is 20.1 Å². The predicted octanol–water partition coefficient (Wildman–Crippen LogP) is 3.48. The van der Waals surface area contributed by atoms with E-state index in [1.807, 2.05) is 48.5 Å². The second-order valence-electron chi connectivity index (χ2n) is 14.8. The summed E-state index contributed by atoms with van der Waals surface area (Å²) < 4.78 is 39.4. The number of para-hydroxylation sites is 2. The van der Waals surface area contributed by atoms with Crippen LogP contribution in [0.1, 0.15) is 16.7 Å². The summed E-state index contributed by atoms with van der Waals surface area (Å²) in [6.45, 7) is -0.849. The molecule has 57 heavy (non-hydrogen) atoms. The first-order chi connectivity index (χ1) is 28.0. The van der Waals surface area contributed by atoms with Gasteiger partial charge in [-0.25, -0.2) is 0 Å². The summed E-state index contributed by atoms with van der Waals surface area (Å²) in [4.78, 5) is 0. The van der Waals surface area contributed by atoms with Gasteiger partial charge in [-0.2, -0.15) is 15.8 Å². The molecule has 0 aromatic heterocycles. The van der Waals surface area contributed by atoms with Gasteiger partial charge in [0.2, 0.25) is 0 Å². The van der Waals surface area contributed by atoms with Crippen LogP contribution in [-0.2, 0) is 0 Å². The second-order valence-corrected chi connectivity index (χ2v) is 14.8. The Hall–Kier alpha value is -8.00. The molecular weight excluding hydrogens is 711 g/mol. The average molecular weight is 729 g/mol. The van der Waals surface area contributed by atoms with Gasteiger partial charge in [0, 0.05) is 28.5 Å². The molecule has 0 N–H and O–H groups in total. The molecule has 0 amide bonds. The van der Waals surface area contributed by atoms with E-state index < -0.39 is 0 Å². The first kappa shape index (κ1) is 30.3. The van der Waals surface area contributed by atoms with Crippen molar-refractivity contribution in [2.24, 2.45) is 0 Å². The summed E-state index contributed by atoms with van der Waals surface area (Å²) in [5, 5.41) is 29.9. The molecule has 6 aliphatic rings. The molecule has 12 heteroatoms. The molecule has 6 heterocycles. The molecule has 258 valence electrons. The maximum atomic E-state index is 10.1. The molecule has 0 unspecified atom stereocenters. The summed E-state index contributed by atoms with van der Waals surface area (Å²) in [5.74, 6) is 7.16. The molecule has 0 spiro atoms. The zero-order chi connectivity index (χ0) is 37.7. The molecule has 6 aliphatic heterocycles. The van der Waals surface area contributed by atoms with Crippen molar-refractivity contribution in [1.82, 2.24) is 0 Å². The van der Waals surface area contributed by atoms with Crippen LogP contribution in [-0.4, -0.2) is 20.1 Å². The van der Waals surface area contributed by atoms with Gasteiger partial charge in [-0.3, -0.25) is 0 Å². The van der Waals surface area contributed by atoms with E-state index in [0.717, 1.165) is 60.7 Å². The second kappa shape index (κ2) is 10.6. The van der Waals surface area contributed by atoms with Crippen molar-refractivity contribution in [3.05, 3.63) is 126 Å². The number of rotatable bonds is 0. The highest BCUT2D eigenvalue weighted by Gasteiger charge is 2.47. The maximum absolute atomic E-state index is 10.1. The molecule has 0 bridgehead atoms. The van der Waals surface area contributed by atoms with Crippen LogP contribution in [0.15, 0.2) is 109 Å². The van der Waals surface area contributed by atoms with Crippen molar-refractivity contribution in [2.45, 2.75) is 0 Å². The lowest BCUT2D eigenvalue weighted by Gasteiger charge is -2.38. The monoisotopic (exact) mass is 729 g/mol. The molecule has 13 rings (SSSR count). The largest absolute Gasteiger partial charge is 0.458 e. The first-order valence-electron chi connectivity index (χ1n) is 18.4. The molecule has 0 radical (unpaired) electrons. The SMILES string of the molecule is N#Cc1cc2c3c(c1)Oc1cc4c(cc1B3c1ccccc1O2)B1c2cc3c(cc2Oc2cc(C#N)cc(c21)O4)Oc1cc(C#N)cc2c1B3c1ccccc1O2. The van der Waals surface area contributed by atoms with Gasteiger partial charge in [0.15, 0.2) is 0 Å². The van der Waals surface area contributed by atoms with E-state index in [0.29, 0.717) is 74.2 Å². The normalized spacial score (nSPS) is 13.9. The minimum atomic E-state index is -0.361. The highest BCUT2D eigenvalue weighted by molar-refractivity contribution is 7.02. The fourth-order valence-electron chi connectivity index (χ4n) is 9.57. The van der Waals surface area contributed by atoms with E-state index in [1.54, 1.807) is 36.4 Å². The van der Waals surface area contributed by atoms with Crippen molar-refractivity contribution in [3.8, 4) is 87.2 Å². The van der Waals surface area contributed by atoms with E-state index in [4.69, 9.17) is 28.4 Å². The van der Waals surface area contributed by atoms with Crippen LogP contribution < -0.4 is 77.6 Å². The topological polar surface area (TPSA) is 127 Å². The van der Waals surface area contributed by atoms with Crippen LogP contribution in [0.4, 0.5) is 0 Å². The van der Waals surface area contributed by atoms with Gasteiger partial charge in [0.05, 0.1) is 34.9 Å². The van der Waals surface area contributed by atoms with Gasteiger partial charge in [0.1, 0.15) is 69.0 Å². The van der Waals surface area contributed by atoms with Crippen LogP contribution >= 0.6 is 0 Å². The number of nitriles is 3. The van der Waals surface area contributed by atoms with Crippen LogP contribution in [0.3, 0.4) is 0 Å². The Kier molecular flexibility index (Phi) is 5.65. The molecule has 0 atom stereocenters. The zero-order valence-corrected chi connectivity index (χ0v) is 29.4. The van der Waals surface area contributed by atoms with E-state index in [1.165, 1.54) is 0 Å². The van der Waals surface area contributed by atoms with Crippen molar-refractivity contribution in [1.29, 1.82) is 15.8 Å². The average Bonchev–Trinajstić information content (AvgIpc) is 3.24. The van der Waals surface area contributed by atoms with Gasteiger partial charge in [-0.1, -0.05) is 48.5 Å². The lowest BCUT2D eigenvalue weighted by atomic mass is 9.30. The molecule has 7 aromatic carbocycles. The van der Waals surface area contributed by atoms with E-state index in [2.05, 4.69) is 42.5 Å². The lowest BCUT2D eigenvalue weighted by molar-refractivity contribution is 0.448. The zero-order valence-electron chi connectivity index (χ0n) is 29.4. The predicted molar refractivity (Wildman–Crippen MR) is 214 cm³/mol. The standard InChI is InChI=1S/C45H18B3N3O6/c49-19-22-9-37-43-39(11-22)54-33-17-35-29(15-27(33)46(43)25-5-1-3-7-31(25)52-37)48-30-16-28-34(18-36(30)57-42-14-24(21-51)13-41(56-35)45(42)48)55-40-12-23(20-50)10-38-44(40)47(28)26-6-2-4-8-32(26)53-38/h1-18H. The van der Waals surface area contributed by atoms with E-state index >= 15 is 0 Å². The third kappa shape index (κ3) is 3.97. The van der Waals surface area contributed by atoms with Crippen LogP contribution in [0, 0.1) is 34.0 Å². The summed E-state index contributed by atoms with van der Waals surface area (Å²) in [6.07, 6.45) is 0. The lowest BCUT2D eigenvalue weighted by Crippen LogP contribution is -2.63. The highest BCUT2D eigenvalue weighted by Crippen LogP contribution is 2.42. The minimum absolute atomic E-state index is 0.244. The quantitative estimate of drug-likeness (QED) is 0.216. The number of hydrogen-bond donors (Lipinski definition) is 0. The molecular formula is C45H18B3N3O6. The summed E-state index contributed by atoms with van der Waals surface area (Å²) in [6, 6.07) is 41.4. The highest BCUT2D eigenvalue weighted by atomic mass is 16.5. The van der Waals surface area contributed by atoms with Gasteiger partial charge < -0.3 is 28.4 Å². The number of fused-ring (bicyclic) bond motifs is 12.